The van der Waals surface area contributed by atoms with Gasteiger partial charge in [0.25, 0.3) is 11.5 Å². The molecule has 4 heterocycles. The SMILES string of the molecule is CCOC(=O)N1CCN(c2nc3ccc(C)cn3c(=O)c2/C=C2/SC(=S)N(Cc3ccc(OC)cc3)C2=O)CC1. The van der Waals surface area contributed by atoms with Crippen LogP contribution in [-0.2, 0) is 16.1 Å². The number of fused-ring (bicyclic) bond motifs is 1. The van der Waals surface area contributed by atoms with Crippen LogP contribution in [0.3, 0.4) is 0 Å². The van der Waals surface area contributed by atoms with Gasteiger partial charge in [-0.1, -0.05) is 42.2 Å². The molecule has 2 amide bonds. The van der Waals surface area contributed by atoms with Crippen molar-refractivity contribution < 1.29 is 19.1 Å². The Morgan fingerprint density at radius 1 is 1.10 bits per heavy atom. The Hall–Kier alpha value is -3.90. The van der Waals surface area contributed by atoms with Gasteiger partial charge in [0.1, 0.15) is 21.5 Å². The molecule has 3 aromatic rings. The average Bonchev–Trinajstić information content (AvgIpc) is 3.22. The number of hydrogen-bond acceptors (Lipinski definition) is 9. The van der Waals surface area contributed by atoms with Crippen LogP contribution in [0.1, 0.15) is 23.6 Å². The number of rotatable bonds is 6. The fourth-order valence-corrected chi connectivity index (χ4v) is 5.85. The lowest BCUT2D eigenvalue weighted by Crippen LogP contribution is -2.49. The predicted molar refractivity (Wildman–Crippen MR) is 159 cm³/mol. The summed E-state index contributed by atoms with van der Waals surface area (Å²) in [5.41, 5.74) is 2.34. The van der Waals surface area contributed by atoms with Crippen molar-refractivity contribution in [3.05, 3.63) is 74.5 Å². The smallest absolute Gasteiger partial charge is 0.409 e. The van der Waals surface area contributed by atoms with Crippen molar-refractivity contribution in [2.45, 2.75) is 20.4 Å². The first-order valence-electron chi connectivity index (χ1n) is 12.9. The van der Waals surface area contributed by atoms with E-state index in [4.69, 9.17) is 26.7 Å². The number of amides is 2. The van der Waals surface area contributed by atoms with Crippen LogP contribution >= 0.6 is 24.0 Å². The number of thioether (sulfide) groups is 1. The molecule has 0 unspecified atom stereocenters. The molecule has 0 saturated carbocycles. The Labute approximate surface area is 241 Å². The Kier molecular flexibility index (Phi) is 8.08. The van der Waals surface area contributed by atoms with E-state index in [2.05, 4.69) is 0 Å². The van der Waals surface area contributed by atoms with E-state index >= 15 is 0 Å². The summed E-state index contributed by atoms with van der Waals surface area (Å²) in [5, 5.41) is 0. The second-order valence-corrected chi connectivity index (χ2v) is 11.1. The number of piperazine rings is 1. The molecule has 0 N–H and O–H groups in total. The van der Waals surface area contributed by atoms with Gasteiger partial charge in [-0.05, 0) is 49.2 Å². The van der Waals surface area contributed by atoms with Crippen molar-refractivity contribution >= 4 is 57.8 Å². The highest BCUT2D eigenvalue weighted by molar-refractivity contribution is 8.26. The minimum absolute atomic E-state index is 0.266. The number of benzene rings is 1. The molecule has 0 radical (unpaired) electrons. The summed E-state index contributed by atoms with van der Waals surface area (Å²) in [4.78, 5) is 49.8. The third-order valence-electron chi connectivity index (χ3n) is 6.74. The molecular weight excluding hydrogens is 550 g/mol. The quantitative estimate of drug-likeness (QED) is 0.320. The molecule has 208 valence electrons. The lowest BCUT2D eigenvalue weighted by molar-refractivity contribution is -0.122. The number of pyridine rings is 1. The van der Waals surface area contributed by atoms with Crippen molar-refractivity contribution in [3.8, 4) is 5.75 Å². The third kappa shape index (κ3) is 5.54. The van der Waals surface area contributed by atoms with Crippen LogP contribution in [0, 0.1) is 6.92 Å². The maximum atomic E-state index is 13.8. The highest BCUT2D eigenvalue weighted by Gasteiger charge is 2.33. The van der Waals surface area contributed by atoms with Crippen molar-refractivity contribution in [2.24, 2.45) is 0 Å². The van der Waals surface area contributed by atoms with Crippen LogP contribution in [0.4, 0.5) is 10.6 Å². The zero-order valence-electron chi connectivity index (χ0n) is 22.5. The molecule has 40 heavy (non-hydrogen) atoms. The fourth-order valence-electron chi connectivity index (χ4n) is 4.61. The molecule has 2 aliphatic heterocycles. The van der Waals surface area contributed by atoms with E-state index in [1.54, 1.807) is 37.3 Å². The summed E-state index contributed by atoms with van der Waals surface area (Å²) >= 11 is 6.71. The first kappa shape index (κ1) is 27.7. The lowest BCUT2D eigenvalue weighted by atomic mass is 10.2. The van der Waals surface area contributed by atoms with Gasteiger partial charge >= 0.3 is 6.09 Å². The summed E-state index contributed by atoms with van der Waals surface area (Å²) in [6.45, 7) is 6.07. The summed E-state index contributed by atoms with van der Waals surface area (Å²) < 4.78 is 12.3. The van der Waals surface area contributed by atoms with Crippen LogP contribution in [0.5, 0.6) is 5.75 Å². The third-order valence-corrected chi connectivity index (χ3v) is 8.12. The molecule has 0 aliphatic carbocycles. The molecule has 0 bridgehead atoms. The van der Waals surface area contributed by atoms with Gasteiger partial charge in [-0.2, -0.15) is 0 Å². The van der Waals surface area contributed by atoms with Gasteiger partial charge in [-0.25, -0.2) is 9.78 Å². The number of carbonyl (C=O) groups excluding carboxylic acids is 2. The number of nitrogens with zero attached hydrogens (tertiary/aromatic N) is 5. The molecule has 2 fully saturated rings. The van der Waals surface area contributed by atoms with Gasteiger partial charge < -0.3 is 19.3 Å². The standard InChI is InChI=1S/C28H29N5O5S2/c1-4-38-27(36)31-13-11-30(12-14-31)24-21(25(34)32-16-18(2)5-10-23(32)29-24)15-22-26(35)33(28(39)40-22)17-19-6-8-20(37-3)9-7-19/h5-10,15-16H,4,11-14,17H2,1-3H3/b22-15+. The number of hydrogen-bond donors (Lipinski definition) is 0. The summed E-state index contributed by atoms with van der Waals surface area (Å²) in [6.07, 6.45) is 2.98. The minimum atomic E-state index is -0.357. The summed E-state index contributed by atoms with van der Waals surface area (Å²) in [7, 11) is 1.60. The monoisotopic (exact) mass is 579 g/mol. The Morgan fingerprint density at radius 3 is 2.50 bits per heavy atom. The molecule has 1 aromatic carbocycles. The van der Waals surface area contributed by atoms with E-state index in [1.807, 2.05) is 42.2 Å². The second-order valence-electron chi connectivity index (χ2n) is 9.38. The number of aromatic nitrogens is 2. The molecule has 0 atom stereocenters. The van der Waals surface area contributed by atoms with E-state index in [9.17, 15) is 14.4 Å². The van der Waals surface area contributed by atoms with Crippen LogP contribution in [0.25, 0.3) is 11.7 Å². The van der Waals surface area contributed by atoms with Gasteiger partial charge in [-0.3, -0.25) is 18.9 Å². The minimum Gasteiger partial charge on any atom is -0.497 e. The maximum absolute atomic E-state index is 13.8. The van der Waals surface area contributed by atoms with Gasteiger partial charge in [0, 0.05) is 32.4 Å². The van der Waals surface area contributed by atoms with Crippen LogP contribution in [0.2, 0.25) is 0 Å². The zero-order chi connectivity index (χ0) is 28.4. The fraction of sp³-hybridized carbons (Fsp3) is 0.321. The molecule has 2 aliphatic rings. The van der Waals surface area contributed by atoms with Crippen LogP contribution < -0.4 is 15.2 Å². The van der Waals surface area contributed by atoms with Crippen LogP contribution in [0.15, 0.2) is 52.3 Å². The number of anilines is 1. The number of methoxy groups -OCH3 is 1. The number of ether oxygens (including phenoxy) is 2. The number of carbonyl (C=O) groups is 2. The average molecular weight is 580 g/mol. The largest absolute Gasteiger partial charge is 0.497 e. The predicted octanol–water partition coefficient (Wildman–Crippen LogP) is 3.69. The van der Waals surface area contributed by atoms with Crippen molar-refractivity contribution in [1.82, 2.24) is 19.2 Å². The molecule has 12 heteroatoms. The normalized spacial score (nSPS) is 16.8. The first-order chi connectivity index (χ1) is 19.3. The van der Waals surface area contributed by atoms with Gasteiger partial charge in [0.2, 0.25) is 0 Å². The Morgan fingerprint density at radius 2 is 1.82 bits per heavy atom. The Balaban J connectivity index is 1.48. The highest BCUT2D eigenvalue weighted by Crippen LogP contribution is 2.35. The van der Waals surface area contributed by atoms with E-state index in [0.29, 0.717) is 65.6 Å². The molecule has 0 spiro atoms. The summed E-state index contributed by atoms with van der Waals surface area (Å²) in [6, 6.07) is 11.1. The molecule has 2 aromatic heterocycles. The van der Waals surface area contributed by atoms with E-state index in [1.165, 1.54) is 21.1 Å². The van der Waals surface area contributed by atoms with Gasteiger partial charge in [0.05, 0.1) is 30.7 Å². The highest BCUT2D eigenvalue weighted by atomic mass is 32.2. The number of thiocarbonyl (C=S) groups is 1. The first-order valence-corrected chi connectivity index (χ1v) is 14.1. The summed E-state index contributed by atoms with van der Waals surface area (Å²) in [5.74, 6) is 0.930. The van der Waals surface area contributed by atoms with E-state index in [-0.39, 0.29) is 17.6 Å². The van der Waals surface area contributed by atoms with Crippen molar-refractivity contribution in [2.75, 3.05) is 44.8 Å². The lowest BCUT2D eigenvalue weighted by Gasteiger charge is -2.35. The van der Waals surface area contributed by atoms with Gasteiger partial charge in [-0.15, -0.1) is 0 Å². The topological polar surface area (TPSA) is 96.7 Å². The molecular formula is C28H29N5O5S2. The second kappa shape index (κ2) is 11.7. The zero-order valence-corrected chi connectivity index (χ0v) is 24.1. The van der Waals surface area contributed by atoms with Crippen LogP contribution in [-0.4, -0.2) is 75.4 Å². The molecule has 10 nitrogen and oxygen atoms in total. The maximum Gasteiger partial charge on any atom is 0.409 e. The number of aryl methyl sites for hydroxylation is 1. The van der Waals surface area contributed by atoms with E-state index in [0.717, 1.165) is 16.9 Å². The van der Waals surface area contributed by atoms with Crippen molar-refractivity contribution in [1.29, 1.82) is 0 Å². The van der Waals surface area contributed by atoms with E-state index < -0.39 is 0 Å². The molecule has 5 rings (SSSR count). The molecule has 2 saturated heterocycles. The van der Waals surface area contributed by atoms with Gasteiger partial charge in [0.15, 0.2) is 0 Å². The van der Waals surface area contributed by atoms with Crippen molar-refractivity contribution in [3.63, 3.8) is 0 Å². The Bertz CT molecular complexity index is 1560.